The molecule has 2 amide bonds. The number of nitrogen functional groups attached to an aromatic ring is 1. The van der Waals surface area contributed by atoms with Crippen molar-refractivity contribution in [1.29, 1.82) is 0 Å². The summed E-state index contributed by atoms with van der Waals surface area (Å²) in [4.78, 5) is 41.3. The summed E-state index contributed by atoms with van der Waals surface area (Å²) < 4.78 is 6.47. The van der Waals surface area contributed by atoms with Gasteiger partial charge in [0.05, 0.1) is 19.3 Å². The number of urea groups is 1. The monoisotopic (exact) mass is 409 g/mol. The number of carbonyl (C=O) groups excluding carboxylic acids is 1. The van der Waals surface area contributed by atoms with E-state index in [4.69, 9.17) is 10.5 Å². The van der Waals surface area contributed by atoms with E-state index in [0.717, 1.165) is 5.56 Å². The van der Waals surface area contributed by atoms with Crippen molar-refractivity contribution < 1.29 is 9.53 Å². The summed E-state index contributed by atoms with van der Waals surface area (Å²) in [6.45, 7) is 2.01. The highest BCUT2D eigenvalue weighted by molar-refractivity contribution is 6.03. The van der Waals surface area contributed by atoms with E-state index in [0.29, 0.717) is 11.4 Å². The lowest BCUT2D eigenvalue weighted by atomic mass is 10.2. The molecule has 0 radical (unpaired) electrons. The van der Waals surface area contributed by atoms with Crippen LogP contribution in [0.15, 0.2) is 64.2 Å². The molecular formula is C21H23N5O4. The number of rotatable bonds is 6. The van der Waals surface area contributed by atoms with Gasteiger partial charge in [-0.05, 0) is 24.6 Å². The summed E-state index contributed by atoms with van der Waals surface area (Å²) in [7, 11) is 1.49. The Hall–Kier alpha value is -4.01. The molecule has 0 spiro atoms. The van der Waals surface area contributed by atoms with Gasteiger partial charge < -0.3 is 15.8 Å². The van der Waals surface area contributed by atoms with E-state index in [1.807, 2.05) is 30.3 Å². The first-order valence-corrected chi connectivity index (χ1v) is 9.34. The third-order valence-electron chi connectivity index (χ3n) is 4.58. The van der Waals surface area contributed by atoms with Crippen LogP contribution in [0.5, 0.6) is 5.75 Å². The molecule has 0 aliphatic rings. The molecule has 0 atom stereocenters. The fourth-order valence-corrected chi connectivity index (χ4v) is 3.10. The van der Waals surface area contributed by atoms with E-state index in [9.17, 15) is 14.4 Å². The number of nitrogens with zero attached hydrogens (tertiary/aromatic N) is 2. The molecule has 0 saturated carbocycles. The second-order valence-corrected chi connectivity index (χ2v) is 6.44. The number of anilines is 3. The summed E-state index contributed by atoms with van der Waals surface area (Å²) >= 11 is 0. The number of hydrogen-bond donors (Lipinski definition) is 3. The summed E-state index contributed by atoms with van der Waals surface area (Å²) in [5, 5.41) is 2.72. The molecule has 3 aromatic rings. The van der Waals surface area contributed by atoms with Gasteiger partial charge in [-0.1, -0.05) is 42.5 Å². The molecule has 2 aromatic carbocycles. The Kier molecular flexibility index (Phi) is 6.21. The molecule has 1 heterocycles. The second kappa shape index (κ2) is 8.99. The normalized spacial score (nSPS) is 10.5. The zero-order chi connectivity index (χ0) is 21.7. The molecule has 9 nitrogen and oxygen atoms in total. The number of aromatic amines is 1. The topological polar surface area (TPSA) is 122 Å². The highest BCUT2D eigenvalue weighted by Gasteiger charge is 2.23. The number of aromatic nitrogens is 2. The molecule has 0 bridgehead atoms. The van der Waals surface area contributed by atoms with Crippen LogP contribution in [-0.4, -0.2) is 29.2 Å². The molecule has 0 aliphatic heterocycles. The van der Waals surface area contributed by atoms with Crippen LogP contribution in [-0.2, 0) is 6.54 Å². The average Bonchev–Trinajstić information content (AvgIpc) is 2.75. The fourth-order valence-electron chi connectivity index (χ4n) is 3.10. The van der Waals surface area contributed by atoms with Gasteiger partial charge in [0.2, 0.25) is 0 Å². The molecule has 3 rings (SSSR count). The van der Waals surface area contributed by atoms with Crippen molar-refractivity contribution in [3.63, 3.8) is 0 Å². The van der Waals surface area contributed by atoms with Crippen molar-refractivity contribution in [3.05, 3.63) is 81.0 Å². The lowest BCUT2D eigenvalue weighted by molar-refractivity contribution is 0.257. The Labute approximate surface area is 172 Å². The summed E-state index contributed by atoms with van der Waals surface area (Å²) in [5.74, 6) is 0.377. The van der Waals surface area contributed by atoms with Gasteiger partial charge in [0, 0.05) is 6.54 Å². The number of nitrogens with two attached hydrogens (primary N) is 1. The van der Waals surface area contributed by atoms with Gasteiger partial charge in [-0.25, -0.2) is 9.59 Å². The van der Waals surface area contributed by atoms with Gasteiger partial charge in [-0.15, -0.1) is 0 Å². The number of methoxy groups -OCH3 is 1. The molecule has 0 saturated heterocycles. The van der Waals surface area contributed by atoms with E-state index < -0.39 is 17.3 Å². The van der Waals surface area contributed by atoms with Gasteiger partial charge in [-0.2, -0.15) is 0 Å². The van der Waals surface area contributed by atoms with Gasteiger partial charge in [0.15, 0.2) is 5.69 Å². The Morgan fingerprint density at radius 1 is 1.13 bits per heavy atom. The van der Waals surface area contributed by atoms with Gasteiger partial charge in [0.25, 0.3) is 5.56 Å². The minimum atomic E-state index is -0.737. The van der Waals surface area contributed by atoms with Crippen molar-refractivity contribution >= 4 is 23.2 Å². The SMILES string of the molecule is CCN(C(=O)Nc1ccccc1OC)c1c(N)n(Cc2ccccc2)c(=O)[nH]c1=O. The van der Waals surface area contributed by atoms with Crippen LogP contribution in [0.3, 0.4) is 0 Å². The van der Waals surface area contributed by atoms with E-state index >= 15 is 0 Å². The van der Waals surface area contributed by atoms with Gasteiger partial charge >= 0.3 is 11.7 Å². The second-order valence-electron chi connectivity index (χ2n) is 6.44. The van der Waals surface area contributed by atoms with Crippen molar-refractivity contribution in [3.8, 4) is 5.75 Å². The maximum Gasteiger partial charge on any atom is 0.330 e. The molecule has 4 N–H and O–H groups in total. The number of ether oxygens (including phenoxy) is 1. The molecule has 9 heteroatoms. The maximum absolute atomic E-state index is 12.9. The van der Waals surface area contributed by atoms with Crippen molar-refractivity contribution in [2.45, 2.75) is 13.5 Å². The van der Waals surface area contributed by atoms with Crippen LogP contribution in [0.2, 0.25) is 0 Å². The highest BCUT2D eigenvalue weighted by atomic mass is 16.5. The summed E-state index contributed by atoms with van der Waals surface area (Å²) in [5.41, 5.74) is 5.98. The smallest absolute Gasteiger partial charge is 0.330 e. The summed E-state index contributed by atoms with van der Waals surface area (Å²) in [6, 6.07) is 15.5. The standard InChI is InChI=1S/C21H23N5O4/c1-3-25(20(28)23-15-11-7-8-12-16(15)30-2)17-18(22)26(21(29)24-19(17)27)13-14-9-5-4-6-10-14/h4-12H,3,13,22H2,1-2H3,(H,23,28)(H,24,27,29). The van der Waals surface area contributed by atoms with E-state index in [1.54, 1.807) is 31.2 Å². The van der Waals surface area contributed by atoms with Crippen LogP contribution in [0, 0.1) is 0 Å². The van der Waals surface area contributed by atoms with Crippen molar-refractivity contribution in [2.24, 2.45) is 0 Å². The molecular weight excluding hydrogens is 386 g/mol. The minimum Gasteiger partial charge on any atom is -0.495 e. The molecule has 0 unspecified atom stereocenters. The Bertz CT molecular complexity index is 1150. The highest BCUT2D eigenvalue weighted by Crippen LogP contribution is 2.25. The fraction of sp³-hybridized carbons (Fsp3) is 0.190. The first-order valence-electron chi connectivity index (χ1n) is 9.34. The van der Waals surface area contributed by atoms with Crippen LogP contribution >= 0.6 is 0 Å². The minimum absolute atomic E-state index is 0.0929. The number of para-hydroxylation sites is 2. The van der Waals surface area contributed by atoms with Crippen LogP contribution < -0.4 is 31.9 Å². The molecule has 0 fully saturated rings. The quantitative estimate of drug-likeness (QED) is 0.576. The lowest BCUT2D eigenvalue weighted by Crippen LogP contribution is -2.43. The Balaban J connectivity index is 1.99. The zero-order valence-electron chi connectivity index (χ0n) is 16.7. The lowest BCUT2D eigenvalue weighted by Gasteiger charge is -2.24. The van der Waals surface area contributed by atoms with Crippen LogP contribution in [0.25, 0.3) is 0 Å². The predicted molar refractivity (Wildman–Crippen MR) is 116 cm³/mol. The number of H-pyrrole nitrogens is 1. The predicted octanol–water partition coefficient (Wildman–Crippen LogP) is 2.23. The maximum atomic E-state index is 12.9. The molecule has 156 valence electrons. The van der Waals surface area contributed by atoms with Crippen LogP contribution in [0.1, 0.15) is 12.5 Å². The Morgan fingerprint density at radius 2 is 1.80 bits per heavy atom. The number of amides is 2. The first-order chi connectivity index (χ1) is 14.5. The first kappa shape index (κ1) is 20.7. The van der Waals surface area contributed by atoms with Crippen LogP contribution in [0.4, 0.5) is 22.0 Å². The van der Waals surface area contributed by atoms with Crippen molar-refractivity contribution in [2.75, 3.05) is 29.6 Å². The molecule has 1 aromatic heterocycles. The average molecular weight is 409 g/mol. The number of carbonyl (C=O) groups is 1. The molecule has 0 aliphatic carbocycles. The zero-order valence-corrected chi connectivity index (χ0v) is 16.7. The number of nitrogens with one attached hydrogen (secondary N) is 2. The molecule has 30 heavy (non-hydrogen) atoms. The number of benzene rings is 2. The van der Waals surface area contributed by atoms with Gasteiger partial charge in [0.1, 0.15) is 11.6 Å². The third kappa shape index (κ3) is 4.19. The largest absolute Gasteiger partial charge is 0.495 e. The van der Waals surface area contributed by atoms with E-state index in [2.05, 4.69) is 10.3 Å². The third-order valence-corrected chi connectivity index (χ3v) is 4.58. The van der Waals surface area contributed by atoms with Crippen molar-refractivity contribution in [1.82, 2.24) is 9.55 Å². The number of hydrogen-bond acceptors (Lipinski definition) is 5. The summed E-state index contributed by atoms with van der Waals surface area (Å²) in [6.07, 6.45) is 0. The van der Waals surface area contributed by atoms with Gasteiger partial charge in [-0.3, -0.25) is 19.2 Å². The van der Waals surface area contributed by atoms with E-state index in [1.165, 1.54) is 16.6 Å². The van der Waals surface area contributed by atoms with E-state index in [-0.39, 0.29) is 24.6 Å². The Morgan fingerprint density at radius 3 is 2.47 bits per heavy atom.